The first-order chi connectivity index (χ1) is 7.67. The minimum atomic E-state index is -2.48. The number of nitrogens with zero attached hydrogens (tertiary/aromatic N) is 3. The van der Waals surface area contributed by atoms with Crippen LogP contribution in [-0.2, 0) is 6.54 Å². The fraction of sp³-hybridized carbons (Fsp3) is 0.556. The zero-order valence-electron chi connectivity index (χ0n) is 8.68. The summed E-state index contributed by atoms with van der Waals surface area (Å²) < 4.78 is 24.5. The number of rotatable bonds is 6. The SMILES string of the molecule is NCc1cnc(N(CCO)CC(F)F)cn1. The number of hydrogen-bond donors (Lipinski definition) is 2. The number of aliphatic hydroxyl groups excluding tert-OH is 1. The molecule has 7 heteroatoms. The lowest BCUT2D eigenvalue weighted by Crippen LogP contribution is -2.32. The Morgan fingerprint density at radius 3 is 2.56 bits per heavy atom. The summed E-state index contributed by atoms with van der Waals surface area (Å²) in [4.78, 5) is 9.19. The summed E-state index contributed by atoms with van der Waals surface area (Å²) in [6.07, 6.45) is 0.327. The molecule has 0 amide bonds. The Kier molecular flexibility index (Phi) is 5.00. The van der Waals surface area contributed by atoms with Gasteiger partial charge in [-0.15, -0.1) is 0 Å². The first-order valence-electron chi connectivity index (χ1n) is 4.82. The van der Waals surface area contributed by atoms with E-state index in [0.29, 0.717) is 11.5 Å². The van der Waals surface area contributed by atoms with Crippen LogP contribution in [0.15, 0.2) is 12.4 Å². The molecule has 0 aliphatic carbocycles. The van der Waals surface area contributed by atoms with Gasteiger partial charge in [-0.25, -0.2) is 13.8 Å². The van der Waals surface area contributed by atoms with Crippen molar-refractivity contribution in [3.05, 3.63) is 18.1 Å². The molecule has 1 heterocycles. The highest BCUT2D eigenvalue weighted by Gasteiger charge is 2.13. The molecule has 1 aromatic heterocycles. The smallest absolute Gasteiger partial charge is 0.255 e. The monoisotopic (exact) mass is 232 g/mol. The Morgan fingerprint density at radius 2 is 2.12 bits per heavy atom. The zero-order valence-corrected chi connectivity index (χ0v) is 8.68. The first-order valence-corrected chi connectivity index (χ1v) is 4.82. The number of alkyl halides is 2. The van der Waals surface area contributed by atoms with Crippen LogP contribution in [0.5, 0.6) is 0 Å². The molecule has 0 saturated carbocycles. The van der Waals surface area contributed by atoms with E-state index in [0.717, 1.165) is 0 Å². The van der Waals surface area contributed by atoms with Crippen molar-refractivity contribution in [2.75, 3.05) is 24.6 Å². The average Bonchev–Trinajstić information content (AvgIpc) is 2.28. The highest BCUT2D eigenvalue weighted by molar-refractivity contribution is 5.35. The fourth-order valence-corrected chi connectivity index (χ4v) is 1.20. The van der Waals surface area contributed by atoms with Crippen LogP contribution in [0.3, 0.4) is 0 Å². The number of anilines is 1. The maximum Gasteiger partial charge on any atom is 0.255 e. The van der Waals surface area contributed by atoms with E-state index in [4.69, 9.17) is 10.8 Å². The Balaban J connectivity index is 2.75. The van der Waals surface area contributed by atoms with Crippen molar-refractivity contribution in [1.82, 2.24) is 9.97 Å². The van der Waals surface area contributed by atoms with Gasteiger partial charge in [0.15, 0.2) is 0 Å². The Labute approximate surface area is 91.9 Å². The molecule has 0 atom stereocenters. The average molecular weight is 232 g/mol. The summed E-state index contributed by atoms with van der Waals surface area (Å²) in [6, 6.07) is 0. The van der Waals surface area contributed by atoms with Crippen molar-refractivity contribution in [2.24, 2.45) is 5.73 Å². The fourth-order valence-electron chi connectivity index (χ4n) is 1.20. The van der Waals surface area contributed by atoms with Crippen molar-refractivity contribution in [1.29, 1.82) is 0 Å². The van der Waals surface area contributed by atoms with Gasteiger partial charge >= 0.3 is 0 Å². The van der Waals surface area contributed by atoms with Gasteiger partial charge in [-0.2, -0.15) is 0 Å². The molecule has 0 radical (unpaired) electrons. The second-order valence-electron chi connectivity index (χ2n) is 3.13. The molecule has 0 aliphatic heterocycles. The van der Waals surface area contributed by atoms with Crippen molar-refractivity contribution in [3.63, 3.8) is 0 Å². The van der Waals surface area contributed by atoms with Crippen LogP contribution in [-0.4, -0.2) is 41.2 Å². The molecule has 0 fully saturated rings. The van der Waals surface area contributed by atoms with Crippen LogP contribution < -0.4 is 10.6 Å². The third-order valence-corrected chi connectivity index (χ3v) is 1.95. The molecule has 5 nitrogen and oxygen atoms in total. The van der Waals surface area contributed by atoms with Gasteiger partial charge in [-0.05, 0) is 0 Å². The highest BCUT2D eigenvalue weighted by Crippen LogP contribution is 2.10. The highest BCUT2D eigenvalue weighted by atomic mass is 19.3. The quantitative estimate of drug-likeness (QED) is 0.722. The van der Waals surface area contributed by atoms with Gasteiger partial charge < -0.3 is 15.7 Å². The molecule has 1 rings (SSSR count). The van der Waals surface area contributed by atoms with Gasteiger partial charge in [-0.1, -0.05) is 0 Å². The molecule has 16 heavy (non-hydrogen) atoms. The Bertz CT molecular complexity index is 307. The largest absolute Gasteiger partial charge is 0.395 e. The van der Waals surface area contributed by atoms with Gasteiger partial charge in [0, 0.05) is 13.1 Å². The molecule has 0 unspecified atom stereocenters. The van der Waals surface area contributed by atoms with E-state index in [9.17, 15) is 8.78 Å². The van der Waals surface area contributed by atoms with E-state index in [-0.39, 0.29) is 19.7 Å². The van der Waals surface area contributed by atoms with Crippen LogP contribution in [0.4, 0.5) is 14.6 Å². The molecule has 90 valence electrons. The summed E-state index contributed by atoms with van der Waals surface area (Å²) in [7, 11) is 0. The topological polar surface area (TPSA) is 75.3 Å². The van der Waals surface area contributed by atoms with Crippen molar-refractivity contribution < 1.29 is 13.9 Å². The number of hydrogen-bond acceptors (Lipinski definition) is 5. The third kappa shape index (κ3) is 3.67. The summed E-state index contributed by atoms with van der Waals surface area (Å²) in [5, 5.41) is 8.76. The van der Waals surface area contributed by atoms with Gasteiger partial charge in [0.1, 0.15) is 5.82 Å². The lowest BCUT2D eigenvalue weighted by molar-refractivity contribution is 0.152. The van der Waals surface area contributed by atoms with E-state index in [1.165, 1.54) is 17.3 Å². The van der Waals surface area contributed by atoms with Crippen molar-refractivity contribution in [3.8, 4) is 0 Å². The van der Waals surface area contributed by atoms with E-state index in [1.54, 1.807) is 0 Å². The number of nitrogens with two attached hydrogens (primary N) is 1. The minimum Gasteiger partial charge on any atom is -0.395 e. The second-order valence-corrected chi connectivity index (χ2v) is 3.13. The van der Waals surface area contributed by atoms with Crippen molar-refractivity contribution in [2.45, 2.75) is 13.0 Å². The summed E-state index contributed by atoms with van der Waals surface area (Å²) in [5.41, 5.74) is 5.93. The Hall–Kier alpha value is -1.34. The van der Waals surface area contributed by atoms with Crippen LogP contribution in [0.2, 0.25) is 0 Å². The number of aliphatic hydroxyl groups is 1. The minimum absolute atomic E-state index is 0.0982. The lowest BCUT2D eigenvalue weighted by atomic mass is 10.4. The standard InChI is InChI=1S/C9H14F2N4O/c10-8(11)6-15(1-2-16)9-5-13-7(3-12)4-14-9/h4-5,8,16H,1-3,6,12H2. The predicted octanol–water partition coefficient (Wildman–Crippen LogP) is -0.000900. The molecule has 0 bridgehead atoms. The Morgan fingerprint density at radius 1 is 1.38 bits per heavy atom. The lowest BCUT2D eigenvalue weighted by Gasteiger charge is -2.21. The van der Waals surface area contributed by atoms with Gasteiger partial charge in [0.2, 0.25) is 0 Å². The molecular weight excluding hydrogens is 218 g/mol. The third-order valence-electron chi connectivity index (χ3n) is 1.95. The van der Waals surface area contributed by atoms with Crippen LogP contribution in [0, 0.1) is 0 Å². The molecule has 0 spiro atoms. The second kappa shape index (κ2) is 6.29. The molecule has 0 saturated heterocycles. The van der Waals surface area contributed by atoms with Crippen LogP contribution in [0.1, 0.15) is 5.69 Å². The van der Waals surface area contributed by atoms with Crippen LogP contribution in [0.25, 0.3) is 0 Å². The van der Waals surface area contributed by atoms with Crippen LogP contribution >= 0.6 is 0 Å². The zero-order chi connectivity index (χ0) is 12.0. The maximum absolute atomic E-state index is 12.2. The van der Waals surface area contributed by atoms with Gasteiger partial charge in [0.25, 0.3) is 6.43 Å². The van der Waals surface area contributed by atoms with E-state index in [1.807, 2.05) is 0 Å². The van der Waals surface area contributed by atoms with Gasteiger partial charge in [-0.3, -0.25) is 4.98 Å². The first kappa shape index (κ1) is 12.7. The predicted molar refractivity (Wildman–Crippen MR) is 55.2 cm³/mol. The summed E-state index contributed by atoms with van der Waals surface area (Å²) in [6.45, 7) is -0.340. The van der Waals surface area contributed by atoms with Crippen molar-refractivity contribution >= 4 is 5.82 Å². The van der Waals surface area contributed by atoms with E-state index < -0.39 is 13.0 Å². The molecule has 0 aliphatic rings. The van der Waals surface area contributed by atoms with E-state index in [2.05, 4.69) is 9.97 Å². The number of halogens is 2. The van der Waals surface area contributed by atoms with Gasteiger partial charge in [0.05, 0.1) is 31.2 Å². The normalized spacial score (nSPS) is 10.8. The maximum atomic E-state index is 12.2. The molecule has 3 N–H and O–H groups in total. The molecule has 0 aromatic carbocycles. The summed E-state index contributed by atoms with van der Waals surface area (Å²) >= 11 is 0. The summed E-state index contributed by atoms with van der Waals surface area (Å²) in [5.74, 6) is 0.312. The molecular formula is C9H14F2N4O. The van der Waals surface area contributed by atoms with E-state index >= 15 is 0 Å². The molecule has 1 aromatic rings. The number of aromatic nitrogens is 2.